The van der Waals surface area contributed by atoms with Gasteiger partial charge in [0.2, 0.25) is 5.91 Å². The number of nitrogens with zero attached hydrogens (tertiary/aromatic N) is 3. The van der Waals surface area contributed by atoms with E-state index in [0.29, 0.717) is 25.4 Å². The molecule has 1 fully saturated rings. The van der Waals surface area contributed by atoms with Gasteiger partial charge in [0, 0.05) is 31.2 Å². The van der Waals surface area contributed by atoms with Crippen molar-refractivity contribution in [1.29, 1.82) is 0 Å². The molecule has 1 amide bonds. The number of aryl methyl sites for hydroxylation is 1. The number of anilines is 2. The van der Waals surface area contributed by atoms with Crippen LogP contribution in [0.4, 0.5) is 10.8 Å². The third kappa shape index (κ3) is 3.32. The van der Waals surface area contributed by atoms with Crippen molar-refractivity contribution in [3.05, 3.63) is 39.3 Å². The van der Waals surface area contributed by atoms with Gasteiger partial charge in [-0.15, -0.1) is 11.3 Å². The number of aromatic nitrogens is 2. The molecule has 0 unspecified atom stereocenters. The van der Waals surface area contributed by atoms with E-state index in [-0.39, 0.29) is 17.9 Å². The van der Waals surface area contributed by atoms with Crippen LogP contribution >= 0.6 is 11.3 Å². The Bertz CT molecular complexity index is 825. The first-order valence-corrected chi connectivity index (χ1v) is 9.38. The lowest BCUT2D eigenvalue weighted by molar-refractivity contribution is -0.118. The van der Waals surface area contributed by atoms with Gasteiger partial charge in [-0.3, -0.25) is 9.59 Å². The lowest BCUT2D eigenvalue weighted by atomic mass is 10.0. The molecule has 7 nitrogen and oxygen atoms in total. The first-order valence-electron chi connectivity index (χ1n) is 8.50. The van der Waals surface area contributed by atoms with Crippen molar-refractivity contribution >= 4 is 28.1 Å². The summed E-state index contributed by atoms with van der Waals surface area (Å²) in [5.74, 6) is -0.0727. The molecule has 4 heterocycles. The van der Waals surface area contributed by atoms with Crippen LogP contribution in [0.3, 0.4) is 0 Å². The van der Waals surface area contributed by atoms with Gasteiger partial charge in [0.05, 0.1) is 25.3 Å². The second kappa shape index (κ2) is 6.97. The maximum atomic E-state index is 12.8. The molecule has 2 aliphatic rings. The van der Waals surface area contributed by atoms with Gasteiger partial charge < -0.3 is 19.5 Å². The van der Waals surface area contributed by atoms with Crippen molar-refractivity contribution < 1.29 is 9.53 Å². The highest BCUT2D eigenvalue weighted by Gasteiger charge is 2.26. The van der Waals surface area contributed by atoms with Gasteiger partial charge in [0.25, 0.3) is 5.56 Å². The number of morpholine rings is 1. The number of aromatic amines is 1. The highest BCUT2D eigenvalue weighted by Crippen LogP contribution is 2.25. The number of nitrogens with one attached hydrogen (secondary N) is 1. The summed E-state index contributed by atoms with van der Waals surface area (Å²) < 4.78 is 5.36. The number of hydrogen-bond donors (Lipinski definition) is 1. The van der Waals surface area contributed by atoms with E-state index in [1.54, 1.807) is 22.4 Å². The monoisotopic (exact) mass is 360 g/mol. The number of thiazole rings is 1. The van der Waals surface area contributed by atoms with Gasteiger partial charge in [0.1, 0.15) is 5.69 Å². The molecule has 0 spiro atoms. The highest BCUT2D eigenvalue weighted by molar-refractivity contribution is 7.13. The average Bonchev–Trinajstić information content (AvgIpc) is 3.11. The Morgan fingerprint density at radius 2 is 2.16 bits per heavy atom. The zero-order valence-electron chi connectivity index (χ0n) is 13.9. The number of pyridine rings is 1. The molecule has 1 N–H and O–H groups in total. The second-order valence-electron chi connectivity index (χ2n) is 6.23. The maximum absolute atomic E-state index is 12.8. The maximum Gasteiger partial charge on any atom is 0.272 e. The Morgan fingerprint density at radius 1 is 1.32 bits per heavy atom. The van der Waals surface area contributed by atoms with E-state index in [1.165, 1.54) is 0 Å². The van der Waals surface area contributed by atoms with E-state index in [9.17, 15) is 9.59 Å². The number of ether oxygens (including phenoxy) is 1. The minimum Gasteiger partial charge on any atom is -0.378 e. The molecule has 0 atom stereocenters. The predicted octanol–water partition coefficient (Wildman–Crippen LogP) is 1.19. The van der Waals surface area contributed by atoms with Crippen molar-refractivity contribution in [2.24, 2.45) is 0 Å². The van der Waals surface area contributed by atoms with Crippen LogP contribution in [-0.2, 0) is 22.4 Å². The third-order valence-electron chi connectivity index (χ3n) is 4.57. The van der Waals surface area contributed by atoms with Gasteiger partial charge in [-0.1, -0.05) is 0 Å². The zero-order valence-corrected chi connectivity index (χ0v) is 14.7. The quantitative estimate of drug-likeness (QED) is 0.890. The Kier molecular flexibility index (Phi) is 4.54. The third-order valence-corrected chi connectivity index (χ3v) is 5.52. The van der Waals surface area contributed by atoms with Crippen molar-refractivity contribution in [3.8, 4) is 0 Å². The van der Waals surface area contributed by atoms with Crippen LogP contribution in [0.5, 0.6) is 0 Å². The van der Waals surface area contributed by atoms with Crippen LogP contribution in [-0.4, -0.2) is 48.7 Å². The smallest absolute Gasteiger partial charge is 0.272 e. The van der Waals surface area contributed by atoms with Crippen molar-refractivity contribution in [3.63, 3.8) is 0 Å². The molecule has 2 aromatic rings. The largest absolute Gasteiger partial charge is 0.378 e. The standard InChI is InChI=1S/C17H20N4O3S/c22-14(21-5-1-2-12-3-4-18-16(23)15(12)21)10-13-11-25-17(19-13)20-6-8-24-9-7-20/h3-4,11H,1-2,5-10H2,(H,18,23). The molecule has 0 saturated carbocycles. The molecule has 0 bridgehead atoms. The summed E-state index contributed by atoms with van der Waals surface area (Å²) in [5, 5.41) is 2.87. The summed E-state index contributed by atoms with van der Waals surface area (Å²) in [6.45, 7) is 3.66. The van der Waals surface area contributed by atoms with E-state index in [2.05, 4.69) is 14.9 Å². The summed E-state index contributed by atoms with van der Waals surface area (Å²) in [7, 11) is 0. The Balaban J connectivity index is 1.50. The molecule has 4 rings (SSSR count). The summed E-state index contributed by atoms with van der Waals surface area (Å²) in [5.41, 5.74) is 2.01. The van der Waals surface area contributed by atoms with Crippen LogP contribution in [0.25, 0.3) is 0 Å². The topological polar surface area (TPSA) is 78.5 Å². The lowest BCUT2D eigenvalue weighted by Gasteiger charge is -2.28. The van der Waals surface area contributed by atoms with Crippen LogP contribution in [0, 0.1) is 0 Å². The number of carbonyl (C=O) groups excluding carboxylic acids is 1. The van der Waals surface area contributed by atoms with Gasteiger partial charge in [-0.25, -0.2) is 4.98 Å². The van der Waals surface area contributed by atoms with Crippen LogP contribution in [0.1, 0.15) is 17.7 Å². The molecular formula is C17H20N4O3S. The predicted molar refractivity (Wildman–Crippen MR) is 96.6 cm³/mol. The first kappa shape index (κ1) is 16.3. The van der Waals surface area contributed by atoms with Crippen molar-refractivity contribution in [1.82, 2.24) is 9.97 Å². The number of rotatable bonds is 3. The Labute approximate surface area is 149 Å². The lowest BCUT2D eigenvalue weighted by Crippen LogP contribution is -2.40. The second-order valence-corrected chi connectivity index (χ2v) is 7.06. The molecule has 2 aliphatic heterocycles. The van der Waals surface area contributed by atoms with Crippen LogP contribution in [0.2, 0.25) is 0 Å². The Morgan fingerprint density at radius 3 is 3.00 bits per heavy atom. The molecule has 0 radical (unpaired) electrons. The Hall–Kier alpha value is -2.19. The fourth-order valence-corrected chi connectivity index (χ4v) is 4.20. The summed E-state index contributed by atoms with van der Waals surface area (Å²) in [6.07, 6.45) is 3.57. The van der Waals surface area contributed by atoms with E-state index in [1.807, 2.05) is 11.4 Å². The number of amides is 1. The molecular weight excluding hydrogens is 340 g/mol. The van der Waals surface area contributed by atoms with Gasteiger partial charge >= 0.3 is 0 Å². The van der Waals surface area contributed by atoms with E-state index in [0.717, 1.165) is 42.3 Å². The van der Waals surface area contributed by atoms with Crippen LogP contribution in [0.15, 0.2) is 22.4 Å². The fourth-order valence-electron chi connectivity index (χ4n) is 3.33. The van der Waals surface area contributed by atoms with E-state index in [4.69, 9.17) is 4.74 Å². The molecule has 0 aromatic carbocycles. The molecule has 25 heavy (non-hydrogen) atoms. The zero-order chi connectivity index (χ0) is 17.2. The highest BCUT2D eigenvalue weighted by atomic mass is 32.1. The average molecular weight is 360 g/mol. The molecule has 1 saturated heterocycles. The van der Waals surface area contributed by atoms with E-state index < -0.39 is 0 Å². The van der Waals surface area contributed by atoms with Gasteiger partial charge in [0.15, 0.2) is 5.13 Å². The van der Waals surface area contributed by atoms with Crippen molar-refractivity contribution in [2.75, 3.05) is 42.6 Å². The molecule has 8 heteroatoms. The minimum absolute atomic E-state index is 0.0727. The number of H-pyrrole nitrogens is 1. The minimum atomic E-state index is -0.196. The molecule has 2 aromatic heterocycles. The number of carbonyl (C=O) groups is 1. The first-order chi connectivity index (χ1) is 12.2. The molecule has 132 valence electrons. The summed E-state index contributed by atoms with van der Waals surface area (Å²) >= 11 is 1.55. The normalized spacial score (nSPS) is 17.4. The number of fused-ring (bicyclic) bond motifs is 1. The SMILES string of the molecule is O=C(Cc1csc(N2CCOCC2)n1)N1CCCc2cc[nH]c(=O)c21. The van der Waals surface area contributed by atoms with Gasteiger partial charge in [-0.05, 0) is 24.5 Å². The fraction of sp³-hybridized carbons (Fsp3) is 0.471. The van der Waals surface area contributed by atoms with Crippen molar-refractivity contribution in [2.45, 2.75) is 19.3 Å². The van der Waals surface area contributed by atoms with E-state index >= 15 is 0 Å². The summed E-state index contributed by atoms with van der Waals surface area (Å²) in [4.78, 5) is 36.0. The van der Waals surface area contributed by atoms with Gasteiger partial charge in [-0.2, -0.15) is 0 Å². The molecule has 0 aliphatic carbocycles. The number of hydrogen-bond acceptors (Lipinski definition) is 6. The van der Waals surface area contributed by atoms with Crippen LogP contribution < -0.4 is 15.4 Å². The summed E-state index contributed by atoms with van der Waals surface area (Å²) in [6, 6.07) is 1.88.